The van der Waals surface area contributed by atoms with E-state index >= 15 is 0 Å². The molecule has 0 unspecified atom stereocenters. The summed E-state index contributed by atoms with van der Waals surface area (Å²) in [6, 6.07) is 12.5. The minimum Gasteiger partial charge on any atom is -0.402 e. The summed E-state index contributed by atoms with van der Waals surface area (Å²) in [5, 5.41) is 86.0. The van der Waals surface area contributed by atoms with Crippen molar-refractivity contribution < 1.29 is 89.8 Å². The van der Waals surface area contributed by atoms with Gasteiger partial charge in [0, 0.05) is 0 Å². The molecule has 0 radical (unpaired) electrons. The van der Waals surface area contributed by atoms with Crippen molar-refractivity contribution in [2.24, 2.45) is 0 Å². The molecule has 0 aromatic heterocycles. The van der Waals surface area contributed by atoms with Crippen LogP contribution in [-0.2, 0) is 0 Å². The fourth-order valence-electron chi connectivity index (χ4n) is 0.342. The fourth-order valence-corrected chi connectivity index (χ4v) is 0.342. The molecule has 1 aromatic carbocycles. The van der Waals surface area contributed by atoms with Crippen LogP contribution < -0.4 is 29.6 Å². The van der Waals surface area contributed by atoms with Gasteiger partial charge in [0.25, 0.3) is 0 Å². The van der Waals surface area contributed by atoms with Gasteiger partial charge in [-0.2, -0.15) is 36.4 Å². The average molecular weight is 347 g/mol. The molecule has 0 atom stereocenters. The van der Waals surface area contributed by atoms with E-state index in [2.05, 4.69) is 6.07 Å². The van der Waals surface area contributed by atoms with Crippen molar-refractivity contribution in [3.63, 3.8) is 0 Å². The molecular formula is C6H17B4NaO12. The molecule has 0 saturated heterocycles. The minimum atomic E-state index is -2.17. The van der Waals surface area contributed by atoms with Crippen LogP contribution in [0.25, 0.3) is 0 Å². The van der Waals surface area contributed by atoms with Crippen LogP contribution in [0.5, 0.6) is 0 Å². The Labute approximate surface area is 155 Å². The number of hydrogen-bond acceptors (Lipinski definition) is 12. The monoisotopic (exact) mass is 348 g/mol. The summed E-state index contributed by atoms with van der Waals surface area (Å²) in [7, 11) is -8.67. The van der Waals surface area contributed by atoms with Gasteiger partial charge in [0.1, 0.15) is 0 Å². The molecule has 0 saturated carbocycles. The van der Waals surface area contributed by atoms with Gasteiger partial charge in [-0.25, -0.2) is 0 Å². The molecular weight excluding hydrogens is 330 g/mol. The third-order valence-corrected chi connectivity index (χ3v) is 0.607. The predicted octanol–water partition coefficient (Wildman–Crippen LogP) is -9.72. The van der Waals surface area contributed by atoms with E-state index in [1.807, 2.05) is 30.3 Å². The molecule has 0 bridgehead atoms. The maximum atomic E-state index is 7.17. The molecule has 0 aliphatic carbocycles. The van der Waals surface area contributed by atoms with Gasteiger partial charge in [-0.1, -0.05) is 0 Å². The van der Waals surface area contributed by atoms with E-state index < -0.39 is 29.3 Å². The molecule has 0 amide bonds. The van der Waals surface area contributed by atoms with E-state index in [0.29, 0.717) is 0 Å². The third-order valence-electron chi connectivity index (χ3n) is 0.607. The van der Waals surface area contributed by atoms with Gasteiger partial charge < -0.3 is 60.3 Å². The van der Waals surface area contributed by atoms with Crippen molar-refractivity contribution in [1.29, 1.82) is 0 Å². The van der Waals surface area contributed by atoms with Crippen LogP contribution in [0.2, 0.25) is 0 Å². The summed E-state index contributed by atoms with van der Waals surface area (Å²) >= 11 is 0. The van der Waals surface area contributed by atoms with E-state index in [1.165, 1.54) is 0 Å². The first-order chi connectivity index (χ1) is 9.93. The van der Waals surface area contributed by atoms with Crippen molar-refractivity contribution in [1.82, 2.24) is 0 Å². The Hall–Kier alpha value is -0.000260. The molecule has 17 heteroatoms. The summed E-state index contributed by atoms with van der Waals surface area (Å²) in [4.78, 5) is 0. The molecule has 1 rings (SSSR count). The van der Waals surface area contributed by atoms with Gasteiger partial charge in [-0.15, -0.1) is 0 Å². The van der Waals surface area contributed by atoms with Crippen LogP contribution in [-0.4, -0.2) is 89.6 Å². The number of benzene rings is 1. The smallest absolute Gasteiger partial charge is 0.402 e. The van der Waals surface area contributed by atoms with Crippen molar-refractivity contribution in [3.05, 3.63) is 36.4 Å². The van der Waals surface area contributed by atoms with Crippen molar-refractivity contribution in [3.8, 4) is 0 Å². The quantitative estimate of drug-likeness (QED) is 0.154. The predicted molar refractivity (Wildman–Crippen MR) is 74.9 cm³/mol. The Kier molecular flexibility index (Phi) is 44.7. The van der Waals surface area contributed by atoms with Crippen LogP contribution in [0, 0.1) is 6.07 Å². The van der Waals surface area contributed by atoms with E-state index in [1.54, 1.807) is 0 Å². The Morgan fingerprint density at radius 2 is 0.609 bits per heavy atom. The average Bonchev–Trinajstić information content (AvgIpc) is 2.28. The van der Waals surface area contributed by atoms with Gasteiger partial charge in [-0.3, -0.25) is 0 Å². The molecule has 0 aliphatic heterocycles. The maximum Gasteiger partial charge on any atom is 1.00 e. The summed E-state index contributed by atoms with van der Waals surface area (Å²) in [5.41, 5.74) is 0. The largest absolute Gasteiger partial charge is 1.00 e. The van der Waals surface area contributed by atoms with Gasteiger partial charge in [0.05, 0.1) is 0 Å². The van der Waals surface area contributed by atoms with Crippen LogP contribution in [0.4, 0.5) is 0 Å². The Bertz CT molecular complexity index is 207. The maximum absolute atomic E-state index is 7.17. The second kappa shape index (κ2) is 29.9. The van der Waals surface area contributed by atoms with Crippen molar-refractivity contribution in [2.75, 3.05) is 0 Å². The molecule has 23 heavy (non-hydrogen) atoms. The summed E-state index contributed by atoms with van der Waals surface area (Å²) < 4.78 is 0. The third kappa shape index (κ3) is 244. The molecule has 0 spiro atoms. The van der Waals surface area contributed by atoms with Gasteiger partial charge in [-0.05, 0) is 0 Å². The summed E-state index contributed by atoms with van der Waals surface area (Å²) in [6.07, 6.45) is 0. The van der Waals surface area contributed by atoms with Gasteiger partial charge in [0.15, 0.2) is 0 Å². The molecule has 126 valence electrons. The Morgan fingerprint density at radius 1 is 0.435 bits per heavy atom. The Morgan fingerprint density at radius 3 is 0.652 bits per heavy atom. The van der Waals surface area contributed by atoms with Gasteiger partial charge in [0.2, 0.25) is 0 Å². The topological polar surface area (TPSA) is 243 Å². The second-order valence-corrected chi connectivity index (χ2v) is 2.46. The molecule has 1 aromatic rings. The van der Waals surface area contributed by atoms with Crippen LogP contribution in [0.1, 0.15) is 0 Å². The molecule has 12 N–H and O–H groups in total. The van der Waals surface area contributed by atoms with E-state index in [9.17, 15) is 0 Å². The molecule has 0 aliphatic rings. The zero-order chi connectivity index (χ0) is 18.6. The normalized spacial score (nSPS) is 6.78. The van der Waals surface area contributed by atoms with Crippen LogP contribution >= 0.6 is 0 Å². The first kappa shape index (κ1) is 34.4. The molecule has 0 heterocycles. The SMILES string of the molecule is OB(O)O.OB(O)O.OB(O)O.OB(O)O.[Na+].[c-]1ccccc1. The summed E-state index contributed by atoms with van der Waals surface area (Å²) in [6.45, 7) is 0. The first-order valence-electron chi connectivity index (χ1n) is 5.01. The summed E-state index contributed by atoms with van der Waals surface area (Å²) in [5.74, 6) is 0. The zero-order valence-electron chi connectivity index (χ0n) is 12.1. The second-order valence-electron chi connectivity index (χ2n) is 2.46. The van der Waals surface area contributed by atoms with E-state index in [0.717, 1.165) is 0 Å². The Balaban J connectivity index is -0.0000000591. The number of rotatable bonds is 0. The molecule has 0 fully saturated rings. The first-order valence-corrected chi connectivity index (χ1v) is 5.01. The minimum absolute atomic E-state index is 0. The molecule has 12 nitrogen and oxygen atoms in total. The number of hydrogen-bond donors (Lipinski definition) is 12. The van der Waals surface area contributed by atoms with Crippen LogP contribution in [0.3, 0.4) is 0 Å². The van der Waals surface area contributed by atoms with E-state index in [-0.39, 0.29) is 29.6 Å². The fraction of sp³-hybridized carbons (Fsp3) is 0. The van der Waals surface area contributed by atoms with Crippen molar-refractivity contribution in [2.45, 2.75) is 0 Å². The van der Waals surface area contributed by atoms with Crippen LogP contribution in [0.15, 0.2) is 30.3 Å². The van der Waals surface area contributed by atoms with Gasteiger partial charge >= 0.3 is 58.8 Å². The standard InChI is InChI=1S/C6H5.4BH3O3.Na/c1-2-4-6-5-3-1;4*2-1(3)4;/h1-5H;4*2-4H;/q-1;;;;;+1. The van der Waals surface area contributed by atoms with E-state index in [4.69, 9.17) is 60.3 Å². The van der Waals surface area contributed by atoms with Crippen molar-refractivity contribution >= 4 is 29.3 Å². The zero-order valence-corrected chi connectivity index (χ0v) is 14.1.